The van der Waals surface area contributed by atoms with Gasteiger partial charge < -0.3 is 11.5 Å². The zero-order chi connectivity index (χ0) is 8.43. The second-order valence-corrected chi connectivity index (χ2v) is 2.90. The third-order valence-electron chi connectivity index (χ3n) is 2.28. The summed E-state index contributed by atoms with van der Waals surface area (Å²) in [5, 5.41) is 0. The van der Waals surface area contributed by atoms with Gasteiger partial charge in [0, 0.05) is 12.1 Å². The first kappa shape index (κ1) is 8.18. The fourth-order valence-corrected chi connectivity index (χ4v) is 1.59. The zero-order valence-electron chi connectivity index (χ0n) is 7.28. The second kappa shape index (κ2) is 2.99. The maximum atomic E-state index is 5.80. The van der Waals surface area contributed by atoms with Gasteiger partial charge in [0.15, 0.2) is 0 Å². The fraction of sp³-hybridized carbons (Fsp3) is 0.556. The predicted octanol–water partition coefficient (Wildman–Crippen LogP) is 1.64. The van der Waals surface area contributed by atoms with Gasteiger partial charge in [0.2, 0.25) is 0 Å². The molecule has 62 valence electrons. The molecule has 1 rings (SSSR count). The minimum Gasteiger partial charge on any atom is -0.400 e. The van der Waals surface area contributed by atoms with E-state index in [-0.39, 0.29) is 0 Å². The Morgan fingerprint density at radius 2 is 1.82 bits per heavy atom. The van der Waals surface area contributed by atoms with Gasteiger partial charge in [-0.25, -0.2) is 0 Å². The van der Waals surface area contributed by atoms with Crippen molar-refractivity contribution in [3.05, 3.63) is 22.5 Å². The van der Waals surface area contributed by atoms with Crippen LogP contribution in [0, 0.1) is 0 Å². The largest absolute Gasteiger partial charge is 0.400 e. The standard InChI is InChI=1S/C9H16N2/c1-3-6-5-8(10)9(11)7(6)4-2/h3-5,10-11H2,1-2H3. The van der Waals surface area contributed by atoms with E-state index in [1.54, 1.807) is 0 Å². The average molecular weight is 152 g/mol. The fourth-order valence-electron chi connectivity index (χ4n) is 1.59. The number of nitrogens with two attached hydrogens (primary N) is 2. The van der Waals surface area contributed by atoms with Crippen molar-refractivity contribution < 1.29 is 0 Å². The van der Waals surface area contributed by atoms with Gasteiger partial charge in [-0.05, 0) is 18.4 Å². The summed E-state index contributed by atoms with van der Waals surface area (Å²) in [6, 6.07) is 0. The quantitative estimate of drug-likeness (QED) is 0.632. The van der Waals surface area contributed by atoms with Crippen LogP contribution in [0.5, 0.6) is 0 Å². The van der Waals surface area contributed by atoms with Crippen molar-refractivity contribution in [2.45, 2.75) is 33.1 Å². The first-order valence-corrected chi connectivity index (χ1v) is 4.16. The van der Waals surface area contributed by atoms with E-state index in [1.807, 2.05) is 0 Å². The molecule has 0 atom stereocenters. The third-order valence-corrected chi connectivity index (χ3v) is 2.28. The van der Waals surface area contributed by atoms with E-state index in [2.05, 4.69) is 13.8 Å². The number of allylic oxidation sites excluding steroid dienone is 2. The van der Waals surface area contributed by atoms with E-state index in [1.165, 1.54) is 11.1 Å². The van der Waals surface area contributed by atoms with Crippen LogP contribution in [0.1, 0.15) is 33.1 Å². The molecule has 2 heteroatoms. The minimum atomic E-state index is 0.837. The topological polar surface area (TPSA) is 52.0 Å². The van der Waals surface area contributed by atoms with E-state index >= 15 is 0 Å². The van der Waals surface area contributed by atoms with E-state index in [9.17, 15) is 0 Å². The summed E-state index contributed by atoms with van der Waals surface area (Å²) < 4.78 is 0. The molecule has 0 spiro atoms. The highest BCUT2D eigenvalue weighted by Crippen LogP contribution is 2.30. The van der Waals surface area contributed by atoms with Crippen LogP contribution in [0.3, 0.4) is 0 Å². The molecule has 0 aromatic rings. The van der Waals surface area contributed by atoms with Crippen molar-refractivity contribution in [2.75, 3.05) is 0 Å². The molecular weight excluding hydrogens is 136 g/mol. The summed E-state index contributed by atoms with van der Waals surface area (Å²) in [4.78, 5) is 0. The van der Waals surface area contributed by atoms with Gasteiger partial charge in [-0.15, -0.1) is 0 Å². The summed E-state index contributed by atoms with van der Waals surface area (Å²) in [6.45, 7) is 4.27. The first-order chi connectivity index (χ1) is 5.20. The van der Waals surface area contributed by atoms with Crippen molar-refractivity contribution in [1.29, 1.82) is 0 Å². The summed E-state index contributed by atoms with van der Waals surface area (Å²) in [5.74, 6) is 0. The Morgan fingerprint density at radius 3 is 2.18 bits per heavy atom. The maximum absolute atomic E-state index is 5.80. The van der Waals surface area contributed by atoms with E-state index in [0.717, 1.165) is 30.7 Å². The Hall–Kier alpha value is -0.920. The molecule has 2 nitrogen and oxygen atoms in total. The molecule has 0 aromatic carbocycles. The summed E-state index contributed by atoms with van der Waals surface area (Å²) in [5.41, 5.74) is 15.9. The summed E-state index contributed by atoms with van der Waals surface area (Å²) in [7, 11) is 0. The zero-order valence-corrected chi connectivity index (χ0v) is 7.28. The number of hydrogen-bond acceptors (Lipinski definition) is 2. The van der Waals surface area contributed by atoms with Crippen LogP contribution in [0.15, 0.2) is 22.5 Å². The van der Waals surface area contributed by atoms with Crippen LogP contribution >= 0.6 is 0 Å². The van der Waals surface area contributed by atoms with Crippen LogP contribution in [0.4, 0.5) is 0 Å². The first-order valence-electron chi connectivity index (χ1n) is 4.16. The third kappa shape index (κ3) is 1.25. The molecule has 0 saturated heterocycles. The highest BCUT2D eigenvalue weighted by molar-refractivity contribution is 5.44. The van der Waals surface area contributed by atoms with Gasteiger partial charge >= 0.3 is 0 Å². The molecule has 0 unspecified atom stereocenters. The van der Waals surface area contributed by atoms with Crippen LogP contribution in [0.2, 0.25) is 0 Å². The molecule has 0 bridgehead atoms. The van der Waals surface area contributed by atoms with Gasteiger partial charge in [0.25, 0.3) is 0 Å². The molecule has 0 fully saturated rings. The summed E-state index contributed by atoms with van der Waals surface area (Å²) in [6.07, 6.45) is 2.98. The van der Waals surface area contributed by atoms with Crippen LogP contribution < -0.4 is 11.5 Å². The smallest absolute Gasteiger partial charge is 0.0540 e. The van der Waals surface area contributed by atoms with Crippen LogP contribution in [0.25, 0.3) is 0 Å². The molecule has 0 heterocycles. The Morgan fingerprint density at radius 1 is 1.18 bits per heavy atom. The van der Waals surface area contributed by atoms with E-state index in [4.69, 9.17) is 11.5 Å². The molecule has 0 aromatic heterocycles. The van der Waals surface area contributed by atoms with Crippen molar-refractivity contribution in [2.24, 2.45) is 11.5 Å². The predicted molar refractivity (Wildman–Crippen MR) is 47.6 cm³/mol. The monoisotopic (exact) mass is 152 g/mol. The number of hydrogen-bond donors (Lipinski definition) is 2. The molecule has 0 radical (unpaired) electrons. The molecule has 0 amide bonds. The van der Waals surface area contributed by atoms with Crippen LogP contribution in [-0.2, 0) is 0 Å². The van der Waals surface area contributed by atoms with Crippen molar-refractivity contribution in [1.82, 2.24) is 0 Å². The number of rotatable bonds is 2. The van der Waals surface area contributed by atoms with Gasteiger partial charge in [0.1, 0.15) is 0 Å². The van der Waals surface area contributed by atoms with Crippen molar-refractivity contribution >= 4 is 0 Å². The van der Waals surface area contributed by atoms with Crippen molar-refractivity contribution in [3.8, 4) is 0 Å². The highest BCUT2D eigenvalue weighted by atomic mass is 14.7. The molecule has 0 saturated carbocycles. The lowest BCUT2D eigenvalue weighted by atomic mass is 10.1. The average Bonchev–Trinajstić information content (AvgIpc) is 2.28. The molecule has 11 heavy (non-hydrogen) atoms. The molecule has 0 aliphatic heterocycles. The Balaban J connectivity index is 2.92. The molecule has 4 N–H and O–H groups in total. The van der Waals surface area contributed by atoms with Gasteiger partial charge in [-0.3, -0.25) is 0 Å². The second-order valence-electron chi connectivity index (χ2n) is 2.90. The van der Waals surface area contributed by atoms with E-state index < -0.39 is 0 Å². The minimum absolute atomic E-state index is 0.837. The summed E-state index contributed by atoms with van der Waals surface area (Å²) >= 11 is 0. The Labute approximate surface area is 68.0 Å². The Kier molecular flexibility index (Phi) is 2.22. The lowest BCUT2D eigenvalue weighted by Crippen LogP contribution is -2.05. The molecule has 1 aliphatic rings. The maximum Gasteiger partial charge on any atom is 0.0540 e. The van der Waals surface area contributed by atoms with Gasteiger partial charge in [-0.2, -0.15) is 0 Å². The normalized spacial score (nSPS) is 18.4. The lowest BCUT2D eigenvalue weighted by Gasteiger charge is -2.02. The van der Waals surface area contributed by atoms with E-state index in [0.29, 0.717) is 0 Å². The molecular formula is C9H16N2. The highest BCUT2D eigenvalue weighted by Gasteiger charge is 2.17. The van der Waals surface area contributed by atoms with Crippen molar-refractivity contribution in [3.63, 3.8) is 0 Å². The molecule has 1 aliphatic carbocycles. The van der Waals surface area contributed by atoms with Crippen LogP contribution in [-0.4, -0.2) is 0 Å². The lowest BCUT2D eigenvalue weighted by molar-refractivity contribution is 0.972. The SMILES string of the molecule is CCC1=C(CC)C(N)=C(N)C1. The van der Waals surface area contributed by atoms with Gasteiger partial charge in [-0.1, -0.05) is 19.4 Å². The Bertz CT molecular complexity index is 224. The van der Waals surface area contributed by atoms with Gasteiger partial charge in [0.05, 0.1) is 5.70 Å².